The molecular weight excluding hydrogens is 243 g/mol. The lowest BCUT2D eigenvalue weighted by Crippen LogP contribution is -2.00. The molecule has 0 fully saturated rings. The van der Waals surface area contributed by atoms with Crippen LogP contribution in [-0.2, 0) is 5.33 Å². The molecule has 1 aromatic rings. The van der Waals surface area contributed by atoms with Gasteiger partial charge in [0.05, 0.1) is 5.56 Å². The molecule has 0 saturated heterocycles. The van der Waals surface area contributed by atoms with Gasteiger partial charge < -0.3 is 5.11 Å². The molecule has 0 bridgehead atoms. The van der Waals surface area contributed by atoms with Gasteiger partial charge in [0.15, 0.2) is 0 Å². The second kappa shape index (κ2) is 3.92. The first kappa shape index (κ1) is 9.55. The highest BCUT2D eigenvalue weighted by Crippen LogP contribution is 2.18. The van der Waals surface area contributed by atoms with E-state index >= 15 is 0 Å². The van der Waals surface area contributed by atoms with Crippen molar-refractivity contribution in [2.45, 2.75) is 5.33 Å². The van der Waals surface area contributed by atoms with Crippen LogP contribution in [0.4, 0.5) is 0 Å². The maximum Gasteiger partial charge on any atom is 0.336 e. The third-order valence-corrected chi connectivity index (χ3v) is 2.29. The molecule has 0 saturated carbocycles. The van der Waals surface area contributed by atoms with Crippen LogP contribution in [0.15, 0.2) is 18.2 Å². The van der Waals surface area contributed by atoms with E-state index in [2.05, 4.69) is 15.9 Å². The van der Waals surface area contributed by atoms with Crippen LogP contribution in [-0.4, -0.2) is 11.1 Å². The molecule has 0 aliphatic carbocycles. The fourth-order valence-electron chi connectivity index (χ4n) is 0.864. The molecule has 0 unspecified atom stereocenters. The normalized spacial score (nSPS) is 9.83. The molecule has 64 valence electrons. The highest BCUT2D eigenvalue weighted by atomic mass is 79.9. The van der Waals surface area contributed by atoms with Gasteiger partial charge >= 0.3 is 5.97 Å². The summed E-state index contributed by atoms with van der Waals surface area (Å²) >= 11 is 8.83. The molecule has 4 heteroatoms. The fraction of sp³-hybridized carbons (Fsp3) is 0.125. The standard InChI is InChI=1S/C8H6BrClO2/c9-4-5-1-2-6(10)3-7(5)8(11)12/h1-3H,4H2,(H,11,12). The number of hydrogen-bond acceptors (Lipinski definition) is 1. The molecule has 0 amide bonds. The number of hydrogen-bond donors (Lipinski definition) is 1. The molecule has 0 heterocycles. The summed E-state index contributed by atoms with van der Waals surface area (Å²) in [6.07, 6.45) is 0. The van der Waals surface area contributed by atoms with Crippen LogP contribution >= 0.6 is 27.5 Å². The van der Waals surface area contributed by atoms with E-state index in [1.54, 1.807) is 12.1 Å². The predicted molar refractivity (Wildman–Crippen MR) is 51.0 cm³/mol. The Labute approximate surface area is 83.3 Å². The summed E-state index contributed by atoms with van der Waals surface area (Å²) < 4.78 is 0. The molecule has 0 aliphatic rings. The summed E-state index contributed by atoms with van der Waals surface area (Å²) in [6, 6.07) is 4.81. The molecule has 0 aromatic heterocycles. The van der Waals surface area contributed by atoms with E-state index < -0.39 is 5.97 Å². The summed E-state index contributed by atoms with van der Waals surface area (Å²) in [5.74, 6) is -0.952. The lowest BCUT2D eigenvalue weighted by molar-refractivity contribution is 0.0696. The SMILES string of the molecule is O=C(O)c1cc(Cl)ccc1CBr. The Bertz CT molecular complexity index is 312. The van der Waals surface area contributed by atoms with Gasteiger partial charge in [-0.2, -0.15) is 0 Å². The summed E-state index contributed by atoms with van der Waals surface area (Å²) in [4.78, 5) is 10.7. The Hall–Kier alpha value is -0.540. The largest absolute Gasteiger partial charge is 0.478 e. The fourth-order valence-corrected chi connectivity index (χ4v) is 1.53. The van der Waals surface area contributed by atoms with Gasteiger partial charge in [0.25, 0.3) is 0 Å². The number of carbonyl (C=O) groups is 1. The van der Waals surface area contributed by atoms with Gasteiger partial charge in [0, 0.05) is 10.4 Å². The van der Waals surface area contributed by atoms with E-state index in [0.29, 0.717) is 10.4 Å². The lowest BCUT2D eigenvalue weighted by atomic mass is 10.1. The molecule has 12 heavy (non-hydrogen) atoms. The van der Waals surface area contributed by atoms with Crippen molar-refractivity contribution in [3.63, 3.8) is 0 Å². The van der Waals surface area contributed by atoms with Crippen LogP contribution in [0.2, 0.25) is 5.02 Å². The van der Waals surface area contributed by atoms with Crippen LogP contribution in [0.5, 0.6) is 0 Å². The molecule has 1 N–H and O–H groups in total. The molecule has 0 aliphatic heterocycles. The highest BCUT2D eigenvalue weighted by molar-refractivity contribution is 9.08. The first-order valence-corrected chi connectivity index (χ1v) is 4.72. The maximum absolute atomic E-state index is 10.7. The molecule has 2 nitrogen and oxygen atoms in total. The number of carboxylic acid groups (broad SMARTS) is 1. The van der Waals surface area contributed by atoms with Gasteiger partial charge in [-0.15, -0.1) is 0 Å². The van der Waals surface area contributed by atoms with Crippen LogP contribution in [0.1, 0.15) is 15.9 Å². The molecule has 0 radical (unpaired) electrons. The van der Waals surface area contributed by atoms with Crippen molar-refractivity contribution >= 4 is 33.5 Å². The van der Waals surface area contributed by atoms with Gasteiger partial charge in [-0.05, 0) is 17.7 Å². The zero-order valence-corrected chi connectivity index (χ0v) is 8.39. The third kappa shape index (κ3) is 1.99. The van der Waals surface area contributed by atoms with Crippen LogP contribution in [0.3, 0.4) is 0 Å². The minimum Gasteiger partial charge on any atom is -0.478 e. The lowest BCUT2D eigenvalue weighted by Gasteiger charge is -2.01. The van der Waals surface area contributed by atoms with Crippen LogP contribution < -0.4 is 0 Å². The molecule has 1 rings (SSSR count). The van der Waals surface area contributed by atoms with Crippen LogP contribution in [0, 0.1) is 0 Å². The van der Waals surface area contributed by atoms with E-state index in [1.807, 2.05) is 0 Å². The number of carboxylic acids is 1. The van der Waals surface area contributed by atoms with E-state index in [9.17, 15) is 4.79 Å². The molecule has 0 spiro atoms. The van der Waals surface area contributed by atoms with E-state index in [4.69, 9.17) is 16.7 Å². The monoisotopic (exact) mass is 248 g/mol. The summed E-state index contributed by atoms with van der Waals surface area (Å²) in [6.45, 7) is 0. The van der Waals surface area contributed by atoms with E-state index in [0.717, 1.165) is 5.56 Å². The summed E-state index contributed by atoms with van der Waals surface area (Å²) in [7, 11) is 0. The number of halogens is 2. The smallest absolute Gasteiger partial charge is 0.336 e. The Kier molecular flexibility index (Phi) is 3.12. The Morgan fingerprint density at radius 1 is 1.58 bits per heavy atom. The Morgan fingerprint density at radius 2 is 2.25 bits per heavy atom. The summed E-state index contributed by atoms with van der Waals surface area (Å²) in [5, 5.41) is 9.70. The van der Waals surface area contributed by atoms with Gasteiger partial charge in [0.2, 0.25) is 0 Å². The maximum atomic E-state index is 10.7. The van der Waals surface area contributed by atoms with Crippen molar-refractivity contribution in [3.05, 3.63) is 34.3 Å². The third-order valence-electron chi connectivity index (χ3n) is 1.45. The molecule has 1 aromatic carbocycles. The predicted octanol–water partition coefficient (Wildman–Crippen LogP) is 2.93. The highest BCUT2D eigenvalue weighted by Gasteiger charge is 2.08. The van der Waals surface area contributed by atoms with Crippen molar-refractivity contribution in [3.8, 4) is 0 Å². The number of aromatic carboxylic acids is 1. The minimum absolute atomic E-state index is 0.249. The van der Waals surface area contributed by atoms with Crippen molar-refractivity contribution in [2.24, 2.45) is 0 Å². The van der Waals surface area contributed by atoms with Crippen LogP contribution in [0.25, 0.3) is 0 Å². The van der Waals surface area contributed by atoms with Gasteiger partial charge in [-0.3, -0.25) is 0 Å². The second-order valence-corrected chi connectivity index (χ2v) is 3.24. The van der Waals surface area contributed by atoms with Crippen molar-refractivity contribution < 1.29 is 9.90 Å². The number of rotatable bonds is 2. The average Bonchev–Trinajstić information content (AvgIpc) is 2.04. The first-order chi connectivity index (χ1) is 5.65. The Morgan fingerprint density at radius 3 is 2.75 bits per heavy atom. The van der Waals surface area contributed by atoms with Crippen molar-refractivity contribution in [1.82, 2.24) is 0 Å². The minimum atomic E-state index is -0.952. The molecule has 0 atom stereocenters. The zero-order valence-electron chi connectivity index (χ0n) is 6.05. The first-order valence-electron chi connectivity index (χ1n) is 3.23. The van der Waals surface area contributed by atoms with E-state index in [-0.39, 0.29) is 5.56 Å². The average molecular weight is 249 g/mol. The van der Waals surface area contributed by atoms with Crippen molar-refractivity contribution in [2.75, 3.05) is 0 Å². The Balaban J connectivity index is 3.21. The molecular formula is C8H6BrClO2. The topological polar surface area (TPSA) is 37.3 Å². The number of alkyl halides is 1. The quantitative estimate of drug-likeness (QED) is 0.818. The summed E-state index contributed by atoms with van der Waals surface area (Å²) in [5.41, 5.74) is 0.978. The number of benzene rings is 1. The second-order valence-electron chi connectivity index (χ2n) is 2.24. The zero-order chi connectivity index (χ0) is 9.14. The van der Waals surface area contributed by atoms with E-state index in [1.165, 1.54) is 6.07 Å². The van der Waals surface area contributed by atoms with Gasteiger partial charge in [-0.1, -0.05) is 33.6 Å². The van der Waals surface area contributed by atoms with Gasteiger partial charge in [0.1, 0.15) is 0 Å². The van der Waals surface area contributed by atoms with Gasteiger partial charge in [-0.25, -0.2) is 4.79 Å². The van der Waals surface area contributed by atoms with Crippen molar-refractivity contribution in [1.29, 1.82) is 0 Å².